The normalized spacial score (nSPS) is 10.1. The first-order valence-corrected chi connectivity index (χ1v) is 5.42. The van der Waals surface area contributed by atoms with E-state index < -0.39 is 23.5 Å². The molecule has 1 aromatic carbocycles. The molecule has 0 aliphatic rings. The molecule has 1 aromatic heterocycles. The van der Waals surface area contributed by atoms with Gasteiger partial charge < -0.3 is 10.4 Å². The van der Waals surface area contributed by atoms with Gasteiger partial charge in [-0.3, -0.25) is 9.78 Å². The van der Waals surface area contributed by atoms with E-state index in [2.05, 4.69) is 10.3 Å². The monoisotopic (exact) mass is 278 g/mol. The van der Waals surface area contributed by atoms with Crippen LogP contribution in [-0.4, -0.2) is 22.0 Å². The maximum Gasteiger partial charge on any atom is 0.335 e. The van der Waals surface area contributed by atoms with E-state index in [1.165, 1.54) is 0 Å². The zero-order valence-corrected chi connectivity index (χ0v) is 9.93. The third-order valence-electron chi connectivity index (χ3n) is 2.43. The van der Waals surface area contributed by atoms with E-state index in [1.54, 1.807) is 0 Å². The Labute approximate surface area is 111 Å². The molecule has 2 aromatic rings. The topological polar surface area (TPSA) is 79.3 Å². The number of benzene rings is 1. The van der Waals surface area contributed by atoms with Crippen LogP contribution >= 0.6 is 0 Å². The van der Waals surface area contributed by atoms with Crippen molar-refractivity contribution in [2.75, 3.05) is 5.32 Å². The maximum absolute atomic E-state index is 13.6. The first kappa shape index (κ1) is 13.6. The number of aromatic carboxylic acids is 1. The number of amides is 1. The Kier molecular flexibility index (Phi) is 3.69. The highest BCUT2D eigenvalue weighted by Crippen LogP contribution is 2.17. The van der Waals surface area contributed by atoms with Crippen LogP contribution in [0, 0.1) is 11.6 Å². The molecule has 0 unspecified atom stereocenters. The highest BCUT2D eigenvalue weighted by molar-refractivity contribution is 6.04. The van der Waals surface area contributed by atoms with Crippen molar-refractivity contribution < 1.29 is 23.5 Å². The molecule has 0 aliphatic carbocycles. The SMILES string of the molecule is O=C(O)c1ccc(NC(=O)c2cncc(F)c2)c(F)c1. The molecule has 0 saturated heterocycles. The molecule has 2 N–H and O–H groups in total. The van der Waals surface area contributed by atoms with Gasteiger partial charge in [-0.15, -0.1) is 0 Å². The number of carboxylic acid groups (broad SMARTS) is 1. The van der Waals surface area contributed by atoms with Gasteiger partial charge in [0.2, 0.25) is 0 Å². The number of carbonyl (C=O) groups excluding carboxylic acids is 1. The van der Waals surface area contributed by atoms with Crippen LogP contribution in [-0.2, 0) is 0 Å². The quantitative estimate of drug-likeness (QED) is 0.903. The second-order valence-corrected chi connectivity index (χ2v) is 3.85. The molecule has 0 radical (unpaired) electrons. The Balaban J connectivity index is 2.22. The minimum Gasteiger partial charge on any atom is -0.478 e. The van der Waals surface area contributed by atoms with Crippen molar-refractivity contribution in [1.29, 1.82) is 0 Å². The zero-order chi connectivity index (χ0) is 14.7. The summed E-state index contributed by atoms with van der Waals surface area (Å²) in [5.74, 6) is -3.63. The summed E-state index contributed by atoms with van der Waals surface area (Å²) in [6, 6.07) is 3.99. The number of carbonyl (C=O) groups is 2. The number of pyridine rings is 1. The van der Waals surface area contributed by atoms with E-state index in [4.69, 9.17) is 5.11 Å². The molecule has 1 amide bonds. The lowest BCUT2D eigenvalue weighted by Crippen LogP contribution is -2.14. The van der Waals surface area contributed by atoms with Gasteiger partial charge in [0.25, 0.3) is 5.91 Å². The van der Waals surface area contributed by atoms with Gasteiger partial charge in [-0.1, -0.05) is 0 Å². The molecule has 0 spiro atoms. The summed E-state index contributed by atoms with van der Waals surface area (Å²) in [7, 11) is 0. The van der Waals surface area contributed by atoms with Gasteiger partial charge >= 0.3 is 5.97 Å². The lowest BCUT2D eigenvalue weighted by Gasteiger charge is -2.07. The van der Waals surface area contributed by atoms with Crippen molar-refractivity contribution in [2.24, 2.45) is 0 Å². The van der Waals surface area contributed by atoms with Crippen LogP contribution in [0.3, 0.4) is 0 Å². The van der Waals surface area contributed by atoms with Crippen LogP contribution in [0.25, 0.3) is 0 Å². The van der Waals surface area contributed by atoms with Gasteiger partial charge in [0, 0.05) is 6.20 Å². The first-order chi connectivity index (χ1) is 9.47. The molecule has 0 bridgehead atoms. The number of nitrogens with zero attached hydrogens (tertiary/aromatic N) is 1. The Morgan fingerprint density at radius 3 is 2.45 bits per heavy atom. The predicted molar refractivity (Wildman–Crippen MR) is 65.5 cm³/mol. The average Bonchev–Trinajstić information content (AvgIpc) is 2.40. The number of nitrogens with one attached hydrogen (secondary N) is 1. The number of halogens is 2. The van der Waals surface area contributed by atoms with Crippen LogP contribution in [0.1, 0.15) is 20.7 Å². The van der Waals surface area contributed by atoms with Gasteiger partial charge in [0.1, 0.15) is 11.6 Å². The number of hydrogen-bond donors (Lipinski definition) is 2. The van der Waals surface area contributed by atoms with Crippen LogP contribution in [0.4, 0.5) is 14.5 Å². The maximum atomic E-state index is 13.6. The van der Waals surface area contributed by atoms with Gasteiger partial charge in [0.05, 0.1) is 23.0 Å². The Morgan fingerprint density at radius 2 is 1.85 bits per heavy atom. The van der Waals surface area contributed by atoms with E-state index in [0.717, 1.165) is 36.7 Å². The number of aromatic nitrogens is 1. The second kappa shape index (κ2) is 5.43. The van der Waals surface area contributed by atoms with E-state index in [0.29, 0.717) is 0 Å². The summed E-state index contributed by atoms with van der Waals surface area (Å²) in [5, 5.41) is 10.9. The molecule has 20 heavy (non-hydrogen) atoms. The second-order valence-electron chi connectivity index (χ2n) is 3.85. The summed E-state index contributed by atoms with van der Waals surface area (Å²) in [6.07, 6.45) is 2.06. The van der Waals surface area contributed by atoms with Crippen molar-refractivity contribution >= 4 is 17.6 Å². The van der Waals surface area contributed by atoms with Crippen LogP contribution < -0.4 is 5.32 Å². The Bertz CT molecular complexity index is 689. The summed E-state index contributed by atoms with van der Waals surface area (Å²) in [6.45, 7) is 0. The molecule has 0 aliphatic heterocycles. The number of anilines is 1. The molecule has 2 rings (SSSR count). The molecule has 1 heterocycles. The molecule has 0 atom stereocenters. The molecule has 0 saturated carbocycles. The number of hydrogen-bond acceptors (Lipinski definition) is 3. The van der Waals surface area contributed by atoms with Crippen molar-refractivity contribution in [3.8, 4) is 0 Å². The van der Waals surface area contributed by atoms with Crippen LogP contribution in [0.2, 0.25) is 0 Å². The van der Waals surface area contributed by atoms with Crippen molar-refractivity contribution in [3.05, 3.63) is 59.4 Å². The molecule has 0 fully saturated rings. The smallest absolute Gasteiger partial charge is 0.335 e. The predicted octanol–water partition coefficient (Wildman–Crippen LogP) is 2.31. The zero-order valence-electron chi connectivity index (χ0n) is 9.93. The lowest BCUT2D eigenvalue weighted by atomic mass is 10.2. The van der Waals surface area contributed by atoms with Crippen molar-refractivity contribution in [2.45, 2.75) is 0 Å². The first-order valence-electron chi connectivity index (χ1n) is 5.42. The molecular weight excluding hydrogens is 270 g/mol. The van der Waals surface area contributed by atoms with Gasteiger partial charge in [-0.25, -0.2) is 13.6 Å². The standard InChI is InChI=1S/C13H8F2N2O3/c14-9-3-8(5-16-6-9)12(18)17-11-2-1-7(13(19)20)4-10(11)15/h1-6H,(H,17,18)(H,19,20). The van der Waals surface area contributed by atoms with Crippen LogP contribution in [0.5, 0.6) is 0 Å². The molecular formula is C13H8F2N2O3. The highest BCUT2D eigenvalue weighted by Gasteiger charge is 2.12. The number of rotatable bonds is 3. The Hall–Kier alpha value is -2.83. The summed E-state index contributed by atoms with van der Waals surface area (Å²) in [4.78, 5) is 25.9. The molecule has 5 nitrogen and oxygen atoms in total. The van der Waals surface area contributed by atoms with E-state index in [1.807, 2.05) is 0 Å². The largest absolute Gasteiger partial charge is 0.478 e. The van der Waals surface area contributed by atoms with Gasteiger partial charge in [0.15, 0.2) is 0 Å². The minimum absolute atomic E-state index is 0.0771. The third kappa shape index (κ3) is 2.94. The molecule has 7 heteroatoms. The minimum atomic E-state index is -1.28. The van der Waals surface area contributed by atoms with Gasteiger partial charge in [-0.05, 0) is 24.3 Å². The van der Waals surface area contributed by atoms with Crippen molar-refractivity contribution in [3.63, 3.8) is 0 Å². The lowest BCUT2D eigenvalue weighted by molar-refractivity contribution is 0.0696. The fourth-order valence-electron chi connectivity index (χ4n) is 1.48. The average molecular weight is 278 g/mol. The van der Waals surface area contributed by atoms with E-state index >= 15 is 0 Å². The van der Waals surface area contributed by atoms with Crippen LogP contribution in [0.15, 0.2) is 36.7 Å². The van der Waals surface area contributed by atoms with E-state index in [-0.39, 0.29) is 16.8 Å². The summed E-state index contributed by atoms with van der Waals surface area (Å²) in [5.41, 5.74) is -0.524. The molecule has 102 valence electrons. The number of carboxylic acids is 1. The summed E-state index contributed by atoms with van der Waals surface area (Å²) < 4.78 is 26.5. The van der Waals surface area contributed by atoms with Crippen molar-refractivity contribution in [1.82, 2.24) is 4.98 Å². The highest BCUT2D eigenvalue weighted by atomic mass is 19.1. The fraction of sp³-hybridized carbons (Fsp3) is 0. The Morgan fingerprint density at radius 1 is 1.10 bits per heavy atom. The van der Waals surface area contributed by atoms with Gasteiger partial charge in [-0.2, -0.15) is 0 Å². The summed E-state index contributed by atoms with van der Waals surface area (Å²) >= 11 is 0. The fourth-order valence-corrected chi connectivity index (χ4v) is 1.48. The van der Waals surface area contributed by atoms with E-state index in [9.17, 15) is 18.4 Å². The third-order valence-corrected chi connectivity index (χ3v) is 2.43.